The number of nitrogens with zero attached hydrogens (tertiary/aromatic N) is 3. The van der Waals surface area contributed by atoms with Crippen LogP contribution in [0.2, 0.25) is 0 Å². The van der Waals surface area contributed by atoms with Gasteiger partial charge in [0.15, 0.2) is 11.9 Å². The smallest absolute Gasteiger partial charge is 0.245 e. The minimum absolute atomic E-state index is 0.0143. The average molecular weight is 1060 g/mol. The number of para-hydroxylation sites is 1. The van der Waals surface area contributed by atoms with Crippen molar-refractivity contribution >= 4 is 76.0 Å². The van der Waals surface area contributed by atoms with Crippen LogP contribution in [-0.2, 0) is 56.0 Å². The summed E-state index contributed by atoms with van der Waals surface area (Å²) in [5, 5.41) is 30.2. The van der Waals surface area contributed by atoms with Crippen LogP contribution in [0.25, 0.3) is 10.9 Å². The number of rotatable bonds is 16. The Balaban J connectivity index is 1.54. The molecule has 5 rings (SSSR count). The van der Waals surface area contributed by atoms with Gasteiger partial charge in [0.2, 0.25) is 53.2 Å². The normalized spacial score (nSPS) is 22.8. The summed E-state index contributed by atoms with van der Waals surface area (Å²) >= 11 is 0. The van der Waals surface area contributed by atoms with Crippen molar-refractivity contribution in [3.05, 3.63) is 71.7 Å². The first-order valence-corrected chi connectivity index (χ1v) is 24.9. The molecule has 0 radical (unpaired) electrons. The second-order valence-corrected chi connectivity index (χ2v) is 18.7. The summed E-state index contributed by atoms with van der Waals surface area (Å²) in [7, 11) is 0. The first-order chi connectivity index (χ1) is 36.2. The summed E-state index contributed by atoms with van der Waals surface area (Å²) in [6, 6.07) is 2.38. The number of guanidine groups is 2. The fourth-order valence-corrected chi connectivity index (χ4v) is 8.89. The summed E-state index contributed by atoms with van der Waals surface area (Å²) in [5.74, 6) is -8.37. The fourth-order valence-electron chi connectivity index (χ4n) is 8.89. The Kier molecular flexibility index (Phi) is 21.8. The largest absolute Gasteiger partial charge is 0.391 e. The summed E-state index contributed by atoms with van der Waals surface area (Å²) in [4.78, 5) is 137. The number of halogens is 1. The van der Waals surface area contributed by atoms with Gasteiger partial charge in [-0.2, -0.15) is 0 Å². The van der Waals surface area contributed by atoms with Gasteiger partial charge >= 0.3 is 0 Å². The van der Waals surface area contributed by atoms with Crippen molar-refractivity contribution in [3.8, 4) is 0 Å². The molecule has 0 spiro atoms. The van der Waals surface area contributed by atoms with E-state index in [4.69, 9.17) is 28.7 Å². The third-order valence-electron chi connectivity index (χ3n) is 12.7. The number of aliphatic imine (C=N–C) groups is 2. The van der Waals surface area contributed by atoms with Gasteiger partial charge in [0.1, 0.15) is 48.1 Å². The molecule has 1 aromatic heterocycles. The first-order valence-electron chi connectivity index (χ1n) is 24.9. The van der Waals surface area contributed by atoms with Gasteiger partial charge in [-0.1, -0.05) is 30.3 Å². The number of H-pyrrole nitrogens is 1. The Labute approximate surface area is 437 Å². The van der Waals surface area contributed by atoms with Crippen molar-refractivity contribution in [3.63, 3.8) is 0 Å². The second kappa shape index (κ2) is 28.3. The van der Waals surface area contributed by atoms with Gasteiger partial charge in [0.05, 0.1) is 6.10 Å². The van der Waals surface area contributed by atoms with Crippen LogP contribution in [0.1, 0.15) is 75.8 Å². The lowest BCUT2D eigenvalue weighted by molar-refractivity contribution is -0.143. The Morgan fingerprint density at radius 3 is 2.12 bits per heavy atom. The highest BCUT2D eigenvalue weighted by molar-refractivity contribution is 5.98. The zero-order valence-electron chi connectivity index (χ0n) is 42.1. The molecule has 2 aromatic carbocycles. The number of aliphatic hydroxyl groups is 1. The van der Waals surface area contributed by atoms with Crippen LogP contribution >= 0.6 is 0 Å². The summed E-state index contributed by atoms with van der Waals surface area (Å²) in [6.45, 7) is 0.842. The maximum atomic E-state index is 14.6. The van der Waals surface area contributed by atoms with Crippen molar-refractivity contribution in [1.29, 1.82) is 0 Å². The van der Waals surface area contributed by atoms with Gasteiger partial charge in [-0.3, -0.25) is 53.1 Å². The molecule has 3 heterocycles. The molecule has 2 aliphatic heterocycles. The average Bonchev–Trinajstić information content (AvgIpc) is 3.97. The standard InChI is InChI=1S/C49H69FN16O10/c1-26(67)60-34(10-5-19-57-48(52)53)42(71)63-36-16-17-40(69)56-18-4-9-33(41(51)70)61-45(74)38(22-28-24-59-32-8-3-2-7-31(28)32)64-43(72)35(11-6-20-58-49(54)55)62-44(73)37(21-27-12-14-29(50)15-13-27)65-46(75)39-23-30(68)25-66(39)47(36)76/h2-3,7-8,12-15,24,30,33-39,59,68H,4-6,9-11,16-23,25H2,1H3,(H2,51,70)(H,56,69)(H,60,67)(H,61,74)(H,62,73)(H,63,71)(H,64,72)(H,65,75)(H4,52,53,57)(H4,54,55,58)/t30-,33+,34+,35?,36+,37-,38+,39+/m1/s1. The zero-order valence-corrected chi connectivity index (χ0v) is 42.1. The van der Waals surface area contributed by atoms with Gasteiger partial charge in [-0.15, -0.1) is 0 Å². The molecule has 2 saturated heterocycles. The predicted molar refractivity (Wildman–Crippen MR) is 276 cm³/mol. The molecule has 0 aliphatic carbocycles. The maximum Gasteiger partial charge on any atom is 0.245 e. The van der Waals surface area contributed by atoms with Gasteiger partial charge in [0.25, 0.3) is 0 Å². The van der Waals surface area contributed by atoms with Crippen LogP contribution in [0.3, 0.4) is 0 Å². The van der Waals surface area contributed by atoms with E-state index in [2.05, 4.69) is 52.2 Å². The highest BCUT2D eigenvalue weighted by Crippen LogP contribution is 2.23. The summed E-state index contributed by atoms with van der Waals surface area (Å²) in [5.41, 5.74) is 29.4. The molecule has 9 amide bonds. The van der Waals surface area contributed by atoms with Crippen molar-refractivity contribution in [1.82, 2.24) is 47.1 Å². The number of benzene rings is 2. The van der Waals surface area contributed by atoms with Crippen molar-refractivity contribution in [2.75, 3.05) is 26.2 Å². The van der Waals surface area contributed by atoms with Gasteiger partial charge in [0, 0.05) is 75.9 Å². The Morgan fingerprint density at radius 2 is 1.43 bits per heavy atom. The van der Waals surface area contributed by atoms with E-state index in [1.807, 2.05) is 12.1 Å². The van der Waals surface area contributed by atoms with Gasteiger partial charge < -0.3 is 80.9 Å². The number of fused-ring (bicyclic) bond motifs is 2. The molecule has 412 valence electrons. The number of primary amides is 1. The molecule has 26 nitrogen and oxygen atoms in total. The van der Waals surface area contributed by atoms with Crippen molar-refractivity contribution in [2.45, 2.75) is 126 Å². The molecule has 0 saturated carbocycles. The van der Waals surface area contributed by atoms with Crippen LogP contribution in [0.15, 0.2) is 64.7 Å². The second-order valence-electron chi connectivity index (χ2n) is 18.7. The number of carbonyl (C=O) groups is 9. The van der Waals surface area contributed by atoms with Crippen LogP contribution < -0.4 is 65.9 Å². The van der Waals surface area contributed by atoms with Crippen LogP contribution in [0.5, 0.6) is 0 Å². The number of hydrogen-bond acceptors (Lipinski definition) is 12. The number of nitrogens with two attached hydrogens (primary N) is 5. The molecule has 8 atom stereocenters. The molecule has 19 N–H and O–H groups in total. The third kappa shape index (κ3) is 17.9. The van der Waals surface area contributed by atoms with Gasteiger partial charge in [-0.25, -0.2) is 4.39 Å². The predicted octanol–water partition coefficient (Wildman–Crippen LogP) is -3.73. The Bertz CT molecular complexity index is 2620. The molecule has 27 heteroatoms. The molecule has 2 fully saturated rings. The number of amides is 9. The van der Waals surface area contributed by atoms with Crippen LogP contribution in [0.4, 0.5) is 4.39 Å². The minimum atomic E-state index is -1.54. The topological polar surface area (TPSA) is 432 Å². The first kappa shape index (κ1) is 58.5. The van der Waals surface area contributed by atoms with E-state index in [1.54, 1.807) is 18.3 Å². The quantitative estimate of drug-likeness (QED) is 0.0373. The molecular weight excluding hydrogens is 992 g/mol. The van der Waals surface area contributed by atoms with E-state index in [0.717, 1.165) is 27.9 Å². The number of hydrogen-bond donors (Lipinski definition) is 14. The van der Waals surface area contributed by atoms with Crippen molar-refractivity contribution < 1.29 is 52.6 Å². The lowest BCUT2D eigenvalue weighted by Crippen LogP contribution is -2.60. The van der Waals surface area contributed by atoms with Gasteiger partial charge in [-0.05, 0) is 74.3 Å². The lowest BCUT2D eigenvalue weighted by atomic mass is 10.0. The van der Waals surface area contributed by atoms with E-state index in [9.17, 15) is 52.6 Å². The number of nitrogens with one attached hydrogen (secondary N) is 8. The molecule has 2 aliphatic rings. The van der Waals surface area contributed by atoms with Crippen molar-refractivity contribution in [2.24, 2.45) is 38.7 Å². The highest BCUT2D eigenvalue weighted by Gasteiger charge is 2.43. The molecule has 0 bridgehead atoms. The molecular formula is C49H69FN16O10. The number of aliphatic hydroxyl groups excluding tert-OH is 1. The summed E-state index contributed by atoms with van der Waals surface area (Å²) < 4.78 is 14.1. The number of aromatic amines is 1. The van der Waals surface area contributed by atoms with E-state index in [-0.39, 0.29) is 102 Å². The SMILES string of the molecule is CC(=O)N[C@@H](CCCN=C(N)N)C(=O)N[C@H]1CCC(=O)NCCC[C@@H](C(N)=O)NC(=O)[C@H](Cc2c[nH]c3ccccc23)NC(=O)C(CCCN=C(N)N)NC(=O)[C@@H](Cc2ccc(F)cc2)NC(=O)[C@@H]2C[C@@H](O)CN2C1=O. The number of carbonyl (C=O) groups excluding carboxylic acids is 9. The minimum Gasteiger partial charge on any atom is -0.391 e. The maximum absolute atomic E-state index is 14.6. The molecule has 1 unspecified atom stereocenters. The third-order valence-corrected chi connectivity index (χ3v) is 12.7. The van der Waals surface area contributed by atoms with Crippen LogP contribution in [-0.4, -0.2) is 155 Å². The number of aromatic nitrogens is 1. The van der Waals surface area contributed by atoms with Crippen LogP contribution in [0, 0.1) is 5.82 Å². The highest BCUT2D eigenvalue weighted by atomic mass is 19.1. The van der Waals surface area contributed by atoms with E-state index < -0.39 is 114 Å². The lowest BCUT2D eigenvalue weighted by Gasteiger charge is -2.31. The Morgan fingerprint density at radius 1 is 0.803 bits per heavy atom. The monoisotopic (exact) mass is 1060 g/mol. The molecule has 3 aromatic rings. The Hall–Kier alpha value is -8.36. The van der Waals surface area contributed by atoms with E-state index >= 15 is 0 Å². The fraction of sp³-hybridized carbons (Fsp3) is 0.490. The van der Waals surface area contributed by atoms with E-state index in [0.29, 0.717) is 11.1 Å². The summed E-state index contributed by atoms with van der Waals surface area (Å²) in [6.07, 6.45) is -0.805. The molecule has 76 heavy (non-hydrogen) atoms. The van der Waals surface area contributed by atoms with E-state index in [1.165, 1.54) is 19.1 Å². The zero-order chi connectivity index (χ0) is 55.5.